The maximum Gasteiger partial charge on any atom is 0.0468 e. The summed E-state index contributed by atoms with van der Waals surface area (Å²) in [5, 5.41) is 4.72. The first-order valence-electron chi connectivity index (χ1n) is 6.29. The Kier molecular flexibility index (Phi) is 4.87. The van der Waals surface area contributed by atoms with Gasteiger partial charge in [-0.3, -0.25) is 0 Å². The Morgan fingerprint density at radius 1 is 1.00 bits per heavy atom. The van der Waals surface area contributed by atoms with E-state index >= 15 is 0 Å². The smallest absolute Gasteiger partial charge is 0.0468 e. The first-order chi connectivity index (χ1) is 9.13. The number of likely N-dealkylation sites (N-methyl/N-ethyl adjacent to an activating group) is 1. The fourth-order valence-corrected chi connectivity index (χ4v) is 2.91. The van der Waals surface area contributed by atoms with Gasteiger partial charge < -0.3 is 5.32 Å². The molecule has 0 saturated carbocycles. The predicted molar refractivity (Wildman–Crippen MR) is 83.1 cm³/mol. The molecule has 0 aromatic heterocycles. The fraction of sp³-hybridized carbons (Fsp3) is 0.250. The molecule has 3 heteroatoms. The molecule has 19 heavy (non-hydrogen) atoms. The van der Waals surface area contributed by atoms with E-state index < -0.39 is 0 Å². The lowest BCUT2D eigenvalue weighted by molar-refractivity contribution is 0.591. The van der Waals surface area contributed by atoms with Crippen LogP contribution in [0.2, 0.25) is 10.0 Å². The molecule has 0 fully saturated rings. The highest BCUT2D eigenvalue weighted by Gasteiger charge is 2.17. The van der Waals surface area contributed by atoms with E-state index in [4.69, 9.17) is 23.2 Å². The molecule has 0 saturated heterocycles. The van der Waals surface area contributed by atoms with Gasteiger partial charge in [-0.25, -0.2) is 0 Å². The van der Waals surface area contributed by atoms with Crippen LogP contribution in [-0.2, 0) is 6.42 Å². The minimum Gasteiger partial charge on any atom is -0.313 e. The number of aryl methyl sites for hydroxylation is 1. The van der Waals surface area contributed by atoms with Crippen molar-refractivity contribution in [1.82, 2.24) is 5.32 Å². The lowest BCUT2D eigenvalue weighted by Crippen LogP contribution is -2.20. The summed E-state index contributed by atoms with van der Waals surface area (Å²) in [7, 11) is 1.93. The Morgan fingerprint density at radius 3 is 2.21 bits per heavy atom. The molecule has 0 aliphatic rings. The van der Waals surface area contributed by atoms with Gasteiger partial charge in [0.15, 0.2) is 0 Å². The van der Waals surface area contributed by atoms with Crippen molar-refractivity contribution in [2.45, 2.75) is 19.4 Å². The van der Waals surface area contributed by atoms with Crippen molar-refractivity contribution < 1.29 is 0 Å². The van der Waals surface area contributed by atoms with Gasteiger partial charge in [0, 0.05) is 21.7 Å². The Balaban J connectivity index is 2.34. The molecule has 0 heterocycles. The van der Waals surface area contributed by atoms with Crippen LogP contribution in [0.1, 0.15) is 22.7 Å². The third-order valence-corrected chi connectivity index (χ3v) is 4.04. The Morgan fingerprint density at radius 2 is 1.63 bits per heavy atom. The Hall–Kier alpha value is -1.02. The van der Waals surface area contributed by atoms with Crippen LogP contribution in [0, 0.1) is 6.92 Å². The third-order valence-electron chi connectivity index (χ3n) is 3.38. The van der Waals surface area contributed by atoms with Crippen LogP contribution in [0.15, 0.2) is 42.5 Å². The summed E-state index contributed by atoms with van der Waals surface area (Å²) in [6.45, 7) is 2.12. The van der Waals surface area contributed by atoms with Gasteiger partial charge in [-0.1, -0.05) is 53.5 Å². The summed E-state index contributed by atoms with van der Waals surface area (Å²) in [6, 6.07) is 14.1. The average molecular weight is 294 g/mol. The molecule has 1 N–H and O–H groups in total. The van der Waals surface area contributed by atoms with Crippen LogP contribution in [0.4, 0.5) is 0 Å². The van der Waals surface area contributed by atoms with E-state index in [1.165, 1.54) is 11.1 Å². The highest BCUT2D eigenvalue weighted by molar-refractivity contribution is 6.36. The van der Waals surface area contributed by atoms with Crippen molar-refractivity contribution >= 4 is 23.2 Å². The maximum atomic E-state index is 6.28. The normalized spacial score (nSPS) is 12.4. The molecular formula is C16H17Cl2N. The van der Waals surface area contributed by atoms with Gasteiger partial charge in [0.25, 0.3) is 0 Å². The summed E-state index contributed by atoms with van der Waals surface area (Å²) in [4.78, 5) is 0. The number of halogens is 2. The van der Waals surface area contributed by atoms with Crippen molar-refractivity contribution in [3.63, 3.8) is 0 Å². The van der Waals surface area contributed by atoms with Crippen LogP contribution < -0.4 is 5.32 Å². The second kappa shape index (κ2) is 6.42. The Bertz CT molecular complexity index is 546. The summed E-state index contributed by atoms with van der Waals surface area (Å²) in [5.74, 6) is 0. The van der Waals surface area contributed by atoms with Crippen molar-refractivity contribution in [3.8, 4) is 0 Å². The molecule has 1 nitrogen and oxygen atoms in total. The molecule has 1 atom stereocenters. The lowest BCUT2D eigenvalue weighted by atomic mass is 9.96. The topological polar surface area (TPSA) is 12.0 Å². The fourth-order valence-electron chi connectivity index (χ4n) is 2.25. The largest absolute Gasteiger partial charge is 0.313 e. The number of rotatable bonds is 4. The zero-order valence-electron chi connectivity index (χ0n) is 11.1. The molecule has 2 rings (SSSR count). The van der Waals surface area contributed by atoms with E-state index in [-0.39, 0.29) is 6.04 Å². The van der Waals surface area contributed by atoms with Gasteiger partial charge in [0.1, 0.15) is 0 Å². The zero-order valence-corrected chi connectivity index (χ0v) is 12.6. The van der Waals surface area contributed by atoms with Gasteiger partial charge in [-0.15, -0.1) is 0 Å². The minimum atomic E-state index is 0.113. The van der Waals surface area contributed by atoms with E-state index in [9.17, 15) is 0 Å². The summed E-state index contributed by atoms with van der Waals surface area (Å²) < 4.78 is 0. The van der Waals surface area contributed by atoms with Crippen molar-refractivity contribution in [3.05, 3.63) is 69.2 Å². The molecule has 2 aromatic rings. The standard InChI is InChI=1S/C16H17Cl2N/c1-11-6-3-4-7-12(11)10-15(19-2)16-13(17)8-5-9-14(16)18/h3-9,15,19H,10H2,1-2H3. The van der Waals surface area contributed by atoms with Gasteiger partial charge in [-0.2, -0.15) is 0 Å². The summed E-state index contributed by atoms with van der Waals surface area (Å²) in [5.41, 5.74) is 3.56. The van der Waals surface area contributed by atoms with E-state index in [1.54, 1.807) is 0 Å². The SMILES string of the molecule is CNC(Cc1ccccc1C)c1c(Cl)cccc1Cl. The molecule has 1 unspecified atom stereocenters. The molecule has 0 spiro atoms. The molecule has 0 bridgehead atoms. The van der Waals surface area contributed by atoms with E-state index in [2.05, 4.69) is 36.5 Å². The molecule has 0 radical (unpaired) electrons. The van der Waals surface area contributed by atoms with Crippen LogP contribution in [-0.4, -0.2) is 7.05 Å². The quantitative estimate of drug-likeness (QED) is 0.853. The number of nitrogens with one attached hydrogen (secondary N) is 1. The predicted octanol–water partition coefficient (Wildman–Crippen LogP) is 4.81. The van der Waals surface area contributed by atoms with Gasteiger partial charge in [-0.05, 0) is 43.7 Å². The lowest BCUT2D eigenvalue weighted by Gasteiger charge is -2.20. The molecule has 100 valence electrons. The monoisotopic (exact) mass is 293 g/mol. The minimum absolute atomic E-state index is 0.113. The third kappa shape index (κ3) is 3.30. The van der Waals surface area contributed by atoms with Gasteiger partial charge in [0.05, 0.1) is 0 Å². The maximum absolute atomic E-state index is 6.28. The van der Waals surface area contributed by atoms with Crippen LogP contribution in [0.3, 0.4) is 0 Å². The highest BCUT2D eigenvalue weighted by atomic mass is 35.5. The first-order valence-corrected chi connectivity index (χ1v) is 7.04. The zero-order chi connectivity index (χ0) is 13.8. The molecule has 2 aromatic carbocycles. The van der Waals surface area contributed by atoms with Crippen LogP contribution in [0.25, 0.3) is 0 Å². The number of hydrogen-bond acceptors (Lipinski definition) is 1. The van der Waals surface area contributed by atoms with E-state index in [0.717, 1.165) is 12.0 Å². The number of hydrogen-bond donors (Lipinski definition) is 1. The molecule has 0 aliphatic heterocycles. The second-order valence-corrected chi connectivity index (χ2v) is 5.42. The summed E-state index contributed by atoms with van der Waals surface area (Å²) in [6.07, 6.45) is 0.868. The van der Waals surface area contributed by atoms with Gasteiger partial charge in [0.2, 0.25) is 0 Å². The van der Waals surface area contributed by atoms with Gasteiger partial charge >= 0.3 is 0 Å². The van der Waals surface area contributed by atoms with Crippen molar-refractivity contribution in [2.24, 2.45) is 0 Å². The van der Waals surface area contributed by atoms with Crippen molar-refractivity contribution in [1.29, 1.82) is 0 Å². The highest BCUT2D eigenvalue weighted by Crippen LogP contribution is 2.32. The van der Waals surface area contributed by atoms with Crippen LogP contribution >= 0.6 is 23.2 Å². The number of benzene rings is 2. The second-order valence-electron chi connectivity index (χ2n) is 4.61. The Labute approximate surface area is 124 Å². The molecule has 0 amide bonds. The van der Waals surface area contributed by atoms with Crippen molar-refractivity contribution in [2.75, 3.05) is 7.05 Å². The van der Waals surface area contributed by atoms with Crippen LogP contribution in [0.5, 0.6) is 0 Å². The van der Waals surface area contributed by atoms with E-state index in [1.807, 2.05) is 25.2 Å². The molecular weight excluding hydrogens is 277 g/mol. The average Bonchev–Trinajstić information content (AvgIpc) is 2.39. The summed E-state index contributed by atoms with van der Waals surface area (Å²) >= 11 is 12.6. The first kappa shape index (κ1) is 14.4. The molecule has 0 aliphatic carbocycles. The van der Waals surface area contributed by atoms with E-state index in [0.29, 0.717) is 10.0 Å².